The summed E-state index contributed by atoms with van der Waals surface area (Å²) in [5.41, 5.74) is -1.37. The third-order valence-electron chi connectivity index (χ3n) is 2.59. The van der Waals surface area contributed by atoms with E-state index in [1.807, 2.05) is 0 Å². The van der Waals surface area contributed by atoms with Crippen LogP contribution in [0.5, 0.6) is 0 Å². The molecule has 21 heavy (non-hydrogen) atoms. The van der Waals surface area contributed by atoms with E-state index in [0.29, 0.717) is 16.6 Å². The lowest BCUT2D eigenvalue weighted by Crippen LogP contribution is -2.15. The lowest BCUT2D eigenvalue weighted by atomic mass is 10.2. The van der Waals surface area contributed by atoms with E-state index in [0.717, 1.165) is 0 Å². The number of carbonyl (C=O) groups excluding carboxylic acids is 1. The number of nitro benzene ring substituents is 1. The zero-order valence-electron chi connectivity index (χ0n) is 10.3. The van der Waals surface area contributed by atoms with Crippen LogP contribution in [0.15, 0.2) is 40.9 Å². The number of nitrogens with one attached hydrogen (secondary N) is 1. The van der Waals surface area contributed by atoms with Crippen LogP contribution in [-0.4, -0.2) is 10.8 Å². The molecule has 8 heteroatoms. The van der Waals surface area contributed by atoms with Gasteiger partial charge in [-0.25, -0.2) is 8.78 Å². The van der Waals surface area contributed by atoms with Gasteiger partial charge in [0.1, 0.15) is 5.82 Å². The molecule has 0 aromatic heterocycles. The van der Waals surface area contributed by atoms with Gasteiger partial charge in [-0.1, -0.05) is 12.1 Å². The van der Waals surface area contributed by atoms with Crippen molar-refractivity contribution in [3.63, 3.8) is 0 Å². The number of benzene rings is 2. The standard InChI is InChI=1S/C13H7BrF2N2O3/c14-9-4-2-1-3-8(9)13(19)17-12-10(16)5-7(15)6-11(12)18(20)21/h1-6H,(H,17,19). The highest BCUT2D eigenvalue weighted by molar-refractivity contribution is 9.10. The summed E-state index contributed by atoms with van der Waals surface area (Å²) in [6, 6.07) is 7.29. The molecule has 5 nitrogen and oxygen atoms in total. The molecule has 108 valence electrons. The second-order valence-electron chi connectivity index (χ2n) is 3.97. The molecule has 0 bridgehead atoms. The Bertz CT molecular complexity index is 737. The fourth-order valence-electron chi connectivity index (χ4n) is 1.65. The second kappa shape index (κ2) is 5.96. The van der Waals surface area contributed by atoms with Crippen molar-refractivity contribution >= 4 is 33.2 Å². The van der Waals surface area contributed by atoms with Crippen molar-refractivity contribution in [2.75, 3.05) is 5.32 Å². The van der Waals surface area contributed by atoms with Crippen molar-refractivity contribution in [3.05, 3.63) is 68.2 Å². The van der Waals surface area contributed by atoms with E-state index >= 15 is 0 Å². The number of hydrogen-bond acceptors (Lipinski definition) is 3. The van der Waals surface area contributed by atoms with Gasteiger partial charge in [0.05, 0.1) is 16.6 Å². The minimum Gasteiger partial charge on any atom is -0.314 e. The molecule has 0 heterocycles. The van der Waals surface area contributed by atoms with Crippen LogP contribution < -0.4 is 5.32 Å². The first-order valence-corrected chi connectivity index (χ1v) is 6.38. The molecule has 0 unspecified atom stereocenters. The van der Waals surface area contributed by atoms with Gasteiger partial charge in [-0.3, -0.25) is 14.9 Å². The number of nitro groups is 1. The average molecular weight is 357 g/mol. The largest absolute Gasteiger partial charge is 0.314 e. The minimum absolute atomic E-state index is 0.163. The average Bonchev–Trinajstić information content (AvgIpc) is 2.41. The summed E-state index contributed by atoms with van der Waals surface area (Å²) in [4.78, 5) is 21.9. The van der Waals surface area contributed by atoms with Crippen LogP contribution in [0.3, 0.4) is 0 Å². The van der Waals surface area contributed by atoms with E-state index in [4.69, 9.17) is 0 Å². The summed E-state index contributed by atoms with van der Waals surface area (Å²) >= 11 is 3.14. The van der Waals surface area contributed by atoms with E-state index in [-0.39, 0.29) is 5.56 Å². The summed E-state index contributed by atoms with van der Waals surface area (Å²) in [5, 5.41) is 12.9. The van der Waals surface area contributed by atoms with E-state index < -0.39 is 33.8 Å². The third-order valence-corrected chi connectivity index (χ3v) is 3.28. The molecular weight excluding hydrogens is 350 g/mol. The van der Waals surface area contributed by atoms with Crippen LogP contribution in [0.4, 0.5) is 20.2 Å². The Morgan fingerprint density at radius 3 is 2.52 bits per heavy atom. The maximum absolute atomic E-state index is 13.7. The SMILES string of the molecule is O=C(Nc1c(F)cc(F)cc1[N+](=O)[O-])c1ccccc1Br. The Labute approximate surface area is 125 Å². The lowest BCUT2D eigenvalue weighted by Gasteiger charge is -2.08. The molecule has 0 saturated carbocycles. The normalized spacial score (nSPS) is 10.2. The Balaban J connectivity index is 2.42. The molecule has 0 aliphatic heterocycles. The van der Waals surface area contributed by atoms with Gasteiger partial charge < -0.3 is 5.32 Å². The number of halogens is 3. The molecule has 2 aromatic rings. The van der Waals surface area contributed by atoms with E-state index in [9.17, 15) is 23.7 Å². The first-order valence-electron chi connectivity index (χ1n) is 5.59. The van der Waals surface area contributed by atoms with E-state index in [1.54, 1.807) is 18.2 Å². The summed E-state index contributed by atoms with van der Waals surface area (Å²) in [6.45, 7) is 0. The number of carbonyl (C=O) groups is 1. The van der Waals surface area contributed by atoms with Crippen molar-refractivity contribution in [1.82, 2.24) is 0 Å². The van der Waals surface area contributed by atoms with Crippen molar-refractivity contribution < 1.29 is 18.5 Å². The van der Waals surface area contributed by atoms with Gasteiger partial charge in [-0.05, 0) is 28.1 Å². The van der Waals surface area contributed by atoms with Gasteiger partial charge in [-0.2, -0.15) is 0 Å². The Hall–Kier alpha value is -2.35. The zero-order chi connectivity index (χ0) is 15.6. The highest BCUT2D eigenvalue weighted by atomic mass is 79.9. The Kier molecular flexibility index (Phi) is 4.27. The zero-order valence-corrected chi connectivity index (χ0v) is 11.9. The van der Waals surface area contributed by atoms with Crippen molar-refractivity contribution in [3.8, 4) is 0 Å². The topological polar surface area (TPSA) is 72.2 Å². The lowest BCUT2D eigenvalue weighted by molar-refractivity contribution is -0.384. The smallest absolute Gasteiger partial charge is 0.298 e. The first-order chi connectivity index (χ1) is 9.90. The molecule has 0 aliphatic rings. The van der Waals surface area contributed by atoms with E-state index in [2.05, 4.69) is 21.2 Å². The van der Waals surface area contributed by atoms with Crippen LogP contribution in [0.2, 0.25) is 0 Å². The molecule has 0 atom stereocenters. The Morgan fingerprint density at radius 2 is 1.90 bits per heavy atom. The van der Waals surface area contributed by atoms with Crippen LogP contribution in [0.25, 0.3) is 0 Å². The second-order valence-corrected chi connectivity index (χ2v) is 4.83. The van der Waals surface area contributed by atoms with Crippen LogP contribution in [-0.2, 0) is 0 Å². The quantitative estimate of drug-likeness (QED) is 0.669. The summed E-state index contributed by atoms with van der Waals surface area (Å²) < 4.78 is 27.1. The molecule has 0 radical (unpaired) electrons. The fourth-order valence-corrected chi connectivity index (χ4v) is 2.12. The van der Waals surface area contributed by atoms with Gasteiger partial charge in [-0.15, -0.1) is 0 Å². The van der Waals surface area contributed by atoms with Crippen molar-refractivity contribution in [2.24, 2.45) is 0 Å². The molecule has 0 spiro atoms. The number of nitrogens with zero attached hydrogens (tertiary/aromatic N) is 1. The fraction of sp³-hybridized carbons (Fsp3) is 0. The molecule has 0 fully saturated rings. The predicted octanol–water partition coefficient (Wildman–Crippen LogP) is 3.89. The monoisotopic (exact) mass is 356 g/mol. The van der Waals surface area contributed by atoms with Crippen LogP contribution in [0.1, 0.15) is 10.4 Å². The number of amides is 1. The van der Waals surface area contributed by atoms with Gasteiger partial charge in [0.25, 0.3) is 11.6 Å². The van der Waals surface area contributed by atoms with Crippen LogP contribution >= 0.6 is 15.9 Å². The number of rotatable bonds is 3. The van der Waals surface area contributed by atoms with Gasteiger partial charge in [0, 0.05) is 10.5 Å². The maximum Gasteiger partial charge on any atom is 0.298 e. The van der Waals surface area contributed by atoms with E-state index in [1.165, 1.54) is 6.07 Å². The molecule has 2 aromatic carbocycles. The highest BCUT2D eigenvalue weighted by Gasteiger charge is 2.23. The first kappa shape index (κ1) is 15.0. The maximum atomic E-state index is 13.7. The molecule has 1 amide bonds. The molecule has 2 rings (SSSR count). The summed E-state index contributed by atoms with van der Waals surface area (Å²) in [7, 11) is 0. The highest BCUT2D eigenvalue weighted by Crippen LogP contribution is 2.29. The van der Waals surface area contributed by atoms with Gasteiger partial charge in [0.15, 0.2) is 11.5 Å². The van der Waals surface area contributed by atoms with Crippen molar-refractivity contribution in [2.45, 2.75) is 0 Å². The molecule has 0 aliphatic carbocycles. The van der Waals surface area contributed by atoms with Crippen molar-refractivity contribution in [1.29, 1.82) is 0 Å². The molecule has 1 N–H and O–H groups in total. The summed E-state index contributed by atoms with van der Waals surface area (Å²) in [6.07, 6.45) is 0. The Morgan fingerprint density at radius 1 is 1.24 bits per heavy atom. The van der Waals surface area contributed by atoms with Gasteiger partial charge in [0.2, 0.25) is 0 Å². The third kappa shape index (κ3) is 3.22. The number of anilines is 1. The molecule has 0 saturated heterocycles. The minimum atomic E-state index is -1.22. The predicted molar refractivity (Wildman–Crippen MR) is 75.1 cm³/mol. The van der Waals surface area contributed by atoms with Crippen LogP contribution in [0, 0.1) is 21.7 Å². The summed E-state index contributed by atoms with van der Waals surface area (Å²) in [5.74, 6) is -3.07. The number of hydrogen-bond donors (Lipinski definition) is 1. The molecular formula is C13H7BrF2N2O3. The van der Waals surface area contributed by atoms with Gasteiger partial charge >= 0.3 is 0 Å².